The number of rotatable bonds is 6. The summed E-state index contributed by atoms with van der Waals surface area (Å²) in [6.45, 7) is 13.0. The predicted molar refractivity (Wildman–Crippen MR) is 110 cm³/mol. The summed E-state index contributed by atoms with van der Waals surface area (Å²) >= 11 is 0. The Labute approximate surface area is 168 Å². The van der Waals surface area contributed by atoms with Crippen molar-refractivity contribution >= 4 is 36.0 Å². The molecular formula is C17H33IN4O3. The molecule has 0 radical (unpaired) electrons. The van der Waals surface area contributed by atoms with Crippen LogP contribution in [0, 0.1) is 0 Å². The lowest BCUT2D eigenvalue weighted by molar-refractivity contribution is 0.0137. The van der Waals surface area contributed by atoms with Crippen molar-refractivity contribution in [3.63, 3.8) is 0 Å². The summed E-state index contributed by atoms with van der Waals surface area (Å²) < 4.78 is 11.0. The van der Waals surface area contributed by atoms with Crippen molar-refractivity contribution in [2.45, 2.75) is 52.2 Å². The van der Waals surface area contributed by atoms with Crippen LogP contribution >= 0.6 is 24.0 Å². The third-order valence-electron chi connectivity index (χ3n) is 4.03. The summed E-state index contributed by atoms with van der Waals surface area (Å²) in [7, 11) is 0. The monoisotopic (exact) mass is 468 g/mol. The van der Waals surface area contributed by atoms with Crippen LogP contribution in [-0.4, -0.2) is 79.4 Å². The van der Waals surface area contributed by atoms with Gasteiger partial charge < -0.3 is 24.6 Å². The van der Waals surface area contributed by atoms with Gasteiger partial charge in [0.15, 0.2) is 5.96 Å². The summed E-state index contributed by atoms with van der Waals surface area (Å²) in [5, 5.41) is 3.36. The Hall–Kier alpha value is -0.770. The Morgan fingerprint density at radius 2 is 2.08 bits per heavy atom. The van der Waals surface area contributed by atoms with Crippen LogP contribution in [0.2, 0.25) is 0 Å². The maximum absolute atomic E-state index is 12.2. The molecule has 0 bridgehead atoms. The number of amides is 1. The predicted octanol–water partition coefficient (Wildman–Crippen LogP) is 2.30. The second kappa shape index (κ2) is 10.4. The number of nitrogens with one attached hydrogen (secondary N) is 1. The highest BCUT2D eigenvalue weighted by molar-refractivity contribution is 14.0. The summed E-state index contributed by atoms with van der Waals surface area (Å²) in [6, 6.07) is 0.245. The van der Waals surface area contributed by atoms with Gasteiger partial charge >= 0.3 is 6.09 Å². The van der Waals surface area contributed by atoms with Gasteiger partial charge in [-0.1, -0.05) is 13.3 Å². The van der Waals surface area contributed by atoms with E-state index in [9.17, 15) is 4.79 Å². The number of carbonyl (C=O) groups excluding carboxylic acids is 1. The first-order chi connectivity index (χ1) is 11.4. The largest absolute Gasteiger partial charge is 0.444 e. The third kappa shape index (κ3) is 7.16. The van der Waals surface area contributed by atoms with E-state index in [-0.39, 0.29) is 36.1 Å². The van der Waals surface area contributed by atoms with E-state index >= 15 is 0 Å². The molecule has 1 atom stereocenters. The minimum atomic E-state index is -0.453. The molecule has 2 rings (SSSR count). The minimum Gasteiger partial charge on any atom is -0.444 e. The van der Waals surface area contributed by atoms with E-state index in [1.807, 2.05) is 20.8 Å². The van der Waals surface area contributed by atoms with Gasteiger partial charge in [0.2, 0.25) is 0 Å². The fraction of sp³-hybridized carbons (Fsp3) is 0.882. The molecule has 2 aliphatic heterocycles. The van der Waals surface area contributed by atoms with Crippen LogP contribution in [0.25, 0.3) is 0 Å². The molecule has 0 aliphatic carbocycles. The van der Waals surface area contributed by atoms with Crippen LogP contribution in [0.15, 0.2) is 4.99 Å². The number of ether oxygens (including phenoxy) is 2. The lowest BCUT2D eigenvalue weighted by Gasteiger charge is -2.39. The fourth-order valence-corrected chi connectivity index (χ4v) is 2.81. The molecule has 1 amide bonds. The number of unbranched alkanes of at least 4 members (excludes halogenated alkanes) is 1. The first kappa shape index (κ1) is 22.3. The zero-order valence-corrected chi connectivity index (χ0v) is 18.2. The molecule has 0 aromatic rings. The second-order valence-corrected chi connectivity index (χ2v) is 7.33. The van der Waals surface area contributed by atoms with Crippen molar-refractivity contribution in [1.29, 1.82) is 0 Å². The smallest absolute Gasteiger partial charge is 0.410 e. The third-order valence-corrected chi connectivity index (χ3v) is 4.03. The van der Waals surface area contributed by atoms with Crippen molar-refractivity contribution in [3.05, 3.63) is 0 Å². The number of halogens is 1. The summed E-state index contributed by atoms with van der Waals surface area (Å²) in [6.07, 6.45) is 2.03. The Bertz CT molecular complexity index is 454. The van der Waals surface area contributed by atoms with Gasteiger partial charge in [0.25, 0.3) is 0 Å². The molecule has 146 valence electrons. The zero-order chi connectivity index (χ0) is 17.6. The number of piperazine rings is 1. The van der Waals surface area contributed by atoms with Crippen LogP contribution in [0.3, 0.4) is 0 Å². The Morgan fingerprint density at radius 1 is 1.32 bits per heavy atom. The maximum Gasteiger partial charge on any atom is 0.410 e. The minimum absolute atomic E-state index is 0. The average Bonchev–Trinajstić information content (AvgIpc) is 2.91. The summed E-state index contributed by atoms with van der Waals surface area (Å²) in [5.41, 5.74) is -0.453. The summed E-state index contributed by atoms with van der Waals surface area (Å²) in [5.74, 6) is 0.933. The van der Waals surface area contributed by atoms with E-state index < -0.39 is 5.60 Å². The highest BCUT2D eigenvalue weighted by Crippen LogP contribution is 2.18. The normalized spacial score (nSPS) is 19.8. The van der Waals surface area contributed by atoms with Crippen LogP contribution in [0.5, 0.6) is 0 Å². The molecule has 1 fully saturated rings. The molecule has 1 unspecified atom stereocenters. The van der Waals surface area contributed by atoms with E-state index in [1.54, 1.807) is 4.90 Å². The van der Waals surface area contributed by atoms with Crippen molar-refractivity contribution in [2.24, 2.45) is 4.99 Å². The van der Waals surface area contributed by atoms with Gasteiger partial charge in [0.1, 0.15) is 5.60 Å². The highest BCUT2D eigenvalue weighted by Gasteiger charge is 2.36. The van der Waals surface area contributed by atoms with Crippen LogP contribution in [0.4, 0.5) is 4.79 Å². The van der Waals surface area contributed by atoms with E-state index in [4.69, 9.17) is 9.47 Å². The van der Waals surface area contributed by atoms with Crippen molar-refractivity contribution in [3.8, 4) is 0 Å². The second-order valence-electron chi connectivity index (χ2n) is 7.33. The Morgan fingerprint density at radius 3 is 2.76 bits per heavy atom. The van der Waals surface area contributed by atoms with Crippen molar-refractivity contribution in [2.75, 3.05) is 45.9 Å². The summed E-state index contributed by atoms with van der Waals surface area (Å²) in [4.78, 5) is 20.8. The molecule has 2 aliphatic rings. The number of fused-ring (bicyclic) bond motifs is 1. The van der Waals surface area contributed by atoms with Gasteiger partial charge in [-0.3, -0.25) is 4.99 Å². The molecule has 7 nitrogen and oxygen atoms in total. The van der Waals surface area contributed by atoms with E-state index in [1.165, 1.54) is 0 Å². The van der Waals surface area contributed by atoms with E-state index in [0.29, 0.717) is 19.7 Å². The number of aliphatic imine (C=N–C) groups is 1. The molecule has 2 heterocycles. The maximum atomic E-state index is 12.2. The van der Waals surface area contributed by atoms with Gasteiger partial charge in [0.05, 0.1) is 19.2 Å². The van der Waals surface area contributed by atoms with E-state index in [0.717, 1.165) is 45.0 Å². The molecule has 1 saturated heterocycles. The Kier molecular flexibility index (Phi) is 9.26. The molecule has 25 heavy (non-hydrogen) atoms. The van der Waals surface area contributed by atoms with Crippen LogP contribution in [-0.2, 0) is 9.47 Å². The molecule has 0 aromatic heterocycles. The average molecular weight is 468 g/mol. The van der Waals surface area contributed by atoms with Gasteiger partial charge in [-0.05, 0) is 27.2 Å². The van der Waals surface area contributed by atoms with Gasteiger partial charge in [-0.2, -0.15) is 0 Å². The first-order valence-corrected chi connectivity index (χ1v) is 9.01. The zero-order valence-electron chi connectivity index (χ0n) is 15.9. The number of hydrogen-bond acceptors (Lipinski definition) is 6. The highest BCUT2D eigenvalue weighted by atomic mass is 127. The SMILES string of the molecule is CCCCOCCNC1=NCC2CN(C(=O)OC(C)(C)C)CCN12.I. The molecule has 0 saturated carbocycles. The quantitative estimate of drug-likeness (QED) is 0.479. The number of carbonyl (C=O) groups is 1. The van der Waals surface area contributed by atoms with Crippen molar-refractivity contribution in [1.82, 2.24) is 15.1 Å². The molecule has 0 aromatic carbocycles. The standard InChI is InChI=1S/C17H32N4O3.HI/c1-5-6-10-23-11-7-18-15-19-12-14-13-20(8-9-21(14)15)16(22)24-17(2,3)4;/h14H,5-13H2,1-4H3,(H,18,19);1H. The van der Waals surface area contributed by atoms with Crippen LogP contribution in [0.1, 0.15) is 40.5 Å². The Balaban J connectivity index is 0.00000312. The lowest BCUT2D eigenvalue weighted by Crippen LogP contribution is -2.57. The molecule has 0 spiro atoms. The number of hydrogen-bond donors (Lipinski definition) is 1. The molecular weight excluding hydrogens is 435 g/mol. The van der Waals surface area contributed by atoms with Gasteiger partial charge in [0, 0.05) is 32.8 Å². The molecule has 1 N–H and O–H groups in total. The van der Waals surface area contributed by atoms with Crippen molar-refractivity contribution < 1.29 is 14.3 Å². The first-order valence-electron chi connectivity index (χ1n) is 9.01. The topological polar surface area (TPSA) is 66.4 Å². The number of nitrogens with zero attached hydrogens (tertiary/aromatic N) is 3. The lowest BCUT2D eigenvalue weighted by atomic mass is 10.2. The van der Waals surface area contributed by atoms with E-state index in [2.05, 4.69) is 22.1 Å². The van der Waals surface area contributed by atoms with Gasteiger partial charge in [-0.25, -0.2) is 4.79 Å². The van der Waals surface area contributed by atoms with Gasteiger partial charge in [-0.15, -0.1) is 24.0 Å². The van der Waals surface area contributed by atoms with Crippen LogP contribution < -0.4 is 5.32 Å². The molecule has 8 heteroatoms. The number of guanidine groups is 1. The fourth-order valence-electron chi connectivity index (χ4n) is 2.81.